The number of esters is 4. The molecule has 5 saturated heterocycles. The summed E-state index contributed by atoms with van der Waals surface area (Å²) in [6, 6.07) is 6.05. The molecular weight excluding hydrogens is 872 g/mol. The molecule has 0 radical (unpaired) electrons. The van der Waals surface area contributed by atoms with E-state index < -0.39 is 119 Å². The number of hydrogen-bond donors (Lipinski definition) is 0. The molecule has 2 aromatic rings. The number of carbonyl (C=O) groups excluding carboxylic acids is 6. The molecule has 0 aromatic heterocycles. The van der Waals surface area contributed by atoms with Crippen LogP contribution in [0, 0.1) is 6.92 Å². The van der Waals surface area contributed by atoms with Crippen LogP contribution >= 0.6 is 0 Å². The van der Waals surface area contributed by atoms with Crippen LogP contribution in [0.15, 0.2) is 24.3 Å². The van der Waals surface area contributed by atoms with E-state index in [0.717, 1.165) is 0 Å². The van der Waals surface area contributed by atoms with Gasteiger partial charge in [-0.1, -0.05) is 12.1 Å². The molecular formula is C46H52O20. The van der Waals surface area contributed by atoms with Gasteiger partial charge in [0.1, 0.15) is 29.3 Å². The Hall–Kier alpha value is -4.90. The normalized spacial score (nSPS) is 38.3. The summed E-state index contributed by atoms with van der Waals surface area (Å²) >= 11 is 0. The summed E-state index contributed by atoms with van der Waals surface area (Å²) in [6.07, 6.45) is -9.43. The molecule has 11 unspecified atom stereocenters. The first-order valence-electron chi connectivity index (χ1n) is 21.6. The summed E-state index contributed by atoms with van der Waals surface area (Å²) in [5.41, 5.74) is -3.41. The predicted octanol–water partition coefficient (Wildman–Crippen LogP) is 3.59. The third-order valence-corrected chi connectivity index (χ3v) is 13.5. The lowest BCUT2D eigenvalue weighted by atomic mass is 9.75. The fourth-order valence-electron chi connectivity index (χ4n) is 11.1. The Bertz CT molecular complexity index is 2430. The van der Waals surface area contributed by atoms with Crippen molar-refractivity contribution in [2.24, 2.45) is 0 Å². The third kappa shape index (κ3) is 6.74. The van der Waals surface area contributed by atoms with Crippen LogP contribution in [-0.2, 0) is 76.0 Å². The van der Waals surface area contributed by atoms with E-state index in [1.807, 2.05) is 0 Å². The van der Waals surface area contributed by atoms with Crippen LogP contribution in [0.2, 0.25) is 0 Å². The van der Waals surface area contributed by atoms with E-state index in [0.29, 0.717) is 11.1 Å². The zero-order valence-electron chi connectivity index (χ0n) is 38.3. The van der Waals surface area contributed by atoms with Crippen molar-refractivity contribution in [2.75, 3.05) is 20.8 Å². The van der Waals surface area contributed by atoms with Gasteiger partial charge in [0.15, 0.2) is 36.2 Å². The Morgan fingerprint density at radius 3 is 2.03 bits per heavy atom. The van der Waals surface area contributed by atoms with Crippen molar-refractivity contribution in [1.82, 2.24) is 0 Å². The van der Waals surface area contributed by atoms with Crippen LogP contribution in [0.3, 0.4) is 0 Å². The SMILES string of the molecule is CO[C@H](OC1CC(C)(OC(C)=O)C(OC2CC(C)(OC(C)=O)C(OC(C)=O)C(C)O2)C(C)O1)C12OC3c4c(C)cc5c(c4O[C@](OC)(C3O1)[C@@]21CO1)C(=O)c1c(OC(C)=O)cccc1C5=O. The maximum Gasteiger partial charge on any atom is 0.308 e. The molecule has 5 fully saturated rings. The molecule has 2 aromatic carbocycles. The number of epoxide rings is 1. The lowest BCUT2D eigenvalue weighted by Crippen LogP contribution is -2.70. The van der Waals surface area contributed by atoms with Gasteiger partial charge < -0.3 is 66.3 Å². The topological polar surface area (TPSA) is 235 Å². The molecule has 356 valence electrons. The first-order valence-corrected chi connectivity index (χ1v) is 21.6. The van der Waals surface area contributed by atoms with E-state index >= 15 is 0 Å². The second-order valence-electron chi connectivity index (χ2n) is 18.2. The van der Waals surface area contributed by atoms with E-state index in [4.69, 9.17) is 66.3 Å². The molecule has 1 spiro atoms. The molecule has 20 heteroatoms. The molecule has 0 saturated carbocycles. The summed E-state index contributed by atoms with van der Waals surface area (Å²) in [7, 11) is 2.77. The van der Waals surface area contributed by atoms with Gasteiger partial charge in [-0.05, 0) is 52.3 Å². The molecule has 6 aliphatic heterocycles. The maximum absolute atomic E-state index is 14.6. The highest BCUT2D eigenvalue weighted by molar-refractivity contribution is 6.30. The van der Waals surface area contributed by atoms with Crippen molar-refractivity contribution in [1.29, 1.82) is 0 Å². The minimum absolute atomic E-state index is 0.0256. The Labute approximate surface area is 378 Å². The van der Waals surface area contributed by atoms with Crippen LogP contribution in [-0.4, -0.2) is 134 Å². The monoisotopic (exact) mass is 924 g/mol. The summed E-state index contributed by atoms with van der Waals surface area (Å²) in [5, 5.41) is 0. The fraction of sp³-hybridized carbons (Fsp3) is 0.609. The zero-order chi connectivity index (χ0) is 47.6. The minimum atomic E-state index is -1.90. The number of carbonyl (C=O) groups is 6. The van der Waals surface area contributed by atoms with Crippen molar-refractivity contribution in [3.8, 4) is 11.5 Å². The fourth-order valence-corrected chi connectivity index (χ4v) is 11.1. The van der Waals surface area contributed by atoms with Crippen molar-refractivity contribution >= 4 is 35.4 Å². The average molecular weight is 925 g/mol. The standard InChI is InChI=1S/C46H52O20/c1-19-15-27-33(35(52)32-26(34(27)51)13-12-14-28(32)58-22(4)47)36-31(19)37-40-45(54-11,64-36)44(18-55-44)46(65-37,66-40)41(53-10)61-30-17-43(9,63-25(7)50)39(21(3)57-30)60-29-16-42(8,62-24(6)49)38(20(2)56-29)59-23(5)48/h12-15,20-21,29-30,37-41H,16-18H2,1-11H3/t20?,21?,29?,30?,37?,38?,39?,40?,41-,42?,43?,44+,45-,46?/m1/s1. The molecule has 9 rings (SSSR count). The minimum Gasteiger partial charge on any atom is -0.456 e. The summed E-state index contributed by atoms with van der Waals surface area (Å²) in [6.45, 7) is 13.3. The highest BCUT2D eigenvalue weighted by Gasteiger charge is 2.93. The highest BCUT2D eigenvalue weighted by Crippen LogP contribution is 2.71. The Balaban J connectivity index is 1.01. The lowest BCUT2D eigenvalue weighted by molar-refractivity contribution is -0.396. The number of ketones is 2. The molecule has 66 heavy (non-hydrogen) atoms. The van der Waals surface area contributed by atoms with Gasteiger partial charge in [0.05, 0.1) is 29.9 Å². The quantitative estimate of drug-likeness (QED) is 0.0878. The van der Waals surface area contributed by atoms with Crippen molar-refractivity contribution in [2.45, 2.75) is 159 Å². The summed E-state index contributed by atoms with van der Waals surface area (Å²) in [4.78, 5) is 77.8. The predicted molar refractivity (Wildman–Crippen MR) is 217 cm³/mol. The van der Waals surface area contributed by atoms with E-state index in [9.17, 15) is 28.8 Å². The number of methoxy groups -OCH3 is 2. The Morgan fingerprint density at radius 1 is 0.788 bits per heavy atom. The van der Waals surface area contributed by atoms with Gasteiger partial charge in [0.2, 0.25) is 17.7 Å². The molecule has 14 atom stereocenters. The van der Waals surface area contributed by atoms with Gasteiger partial charge in [-0.3, -0.25) is 28.8 Å². The second kappa shape index (κ2) is 15.8. The maximum atomic E-state index is 14.6. The van der Waals surface area contributed by atoms with Gasteiger partial charge in [0.25, 0.3) is 11.6 Å². The molecule has 0 amide bonds. The summed E-state index contributed by atoms with van der Waals surface area (Å²) in [5.74, 6) is -7.31. The molecule has 7 aliphatic rings. The van der Waals surface area contributed by atoms with Crippen LogP contribution < -0.4 is 9.47 Å². The molecule has 1 aliphatic carbocycles. The van der Waals surface area contributed by atoms with E-state index in [1.165, 1.54) is 60.1 Å². The van der Waals surface area contributed by atoms with Crippen LogP contribution in [0.4, 0.5) is 0 Å². The number of hydrogen-bond acceptors (Lipinski definition) is 20. The van der Waals surface area contributed by atoms with Crippen molar-refractivity contribution < 1.29 is 95.1 Å². The van der Waals surface area contributed by atoms with Gasteiger partial charge in [-0.2, -0.15) is 0 Å². The molecule has 20 nitrogen and oxygen atoms in total. The number of ether oxygens (including phenoxy) is 14. The lowest BCUT2D eigenvalue weighted by Gasteiger charge is -2.51. The smallest absolute Gasteiger partial charge is 0.308 e. The number of aryl methyl sites for hydroxylation is 1. The van der Waals surface area contributed by atoms with E-state index in [1.54, 1.807) is 40.7 Å². The van der Waals surface area contributed by atoms with Crippen LogP contribution in [0.25, 0.3) is 0 Å². The first kappa shape index (κ1) is 46.2. The average Bonchev–Trinajstić information content (AvgIpc) is 3.88. The summed E-state index contributed by atoms with van der Waals surface area (Å²) < 4.78 is 87.4. The van der Waals surface area contributed by atoms with Crippen LogP contribution in [0.5, 0.6) is 11.5 Å². The van der Waals surface area contributed by atoms with E-state index in [-0.39, 0.29) is 53.2 Å². The van der Waals surface area contributed by atoms with E-state index in [2.05, 4.69) is 0 Å². The van der Waals surface area contributed by atoms with Gasteiger partial charge in [-0.25, -0.2) is 0 Å². The van der Waals surface area contributed by atoms with Crippen LogP contribution in [0.1, 0.15) is 117 Å². The molecule has 6 heterocycles. The largest absolute Gasteiger partial charge is 0.456 e. The second-order valence-corrected chi connectivity index (χ2v) is 18.2. The van der Waals surface area contributed by atoms with Crippen molar-refractivity contribution in [3.05, 3.63) is 57.6 Å². The number of benzene rings is 2. The molecule has 2 bridgehead atoms. The zero-order valence-corrected chi connectivity index (χ0v) is 38.3. The Kier molecular flexibility index (Phi) is 11.1. The van der Waals surface area contributed by atoms with Crippen molar-refractivity contribution in [3.63, 3.8) is 0 Å². The van der Waals surface area contributed by atoms with Gasteiger partial charge >= 0.3 is 23.9 Å². The van der Waals surface area contributed by atoms with Gasteiger partial charge in [-0.15, -0.1) is 0 Å². The number of rotatable bonds is 11. The Morgan fingerprint density at radius 2 is 1.42 bits per heavy atom. The first-order chi connectivity index (χ1) is 31.1. The highest BCUT2D eigenvalue weighted by atomic mass is 16.9. The van der Waals surface area contributed by atoms with Gasteiger partial charge in [0, 0.05) is 71.4 Å². The third-order valence-electron chi connectivity index (χ3n) is 13.5. The molecule has 0 N–H and O–H groups in total. The number of fused-ring (bicyclic) bond motifs is 8.